The molecule has 0 aliphatic carbocycles. The summed E-state index contributed by atoms with van der Waals surface area (Å²) in [7, 11) is -1.99. The lowest BCUT2D eigenvalue weighted by Gasteiger charge is -2.23. The largest absolute Gasteiger partial charge is 0.383 e. The van der Waals surface area contributed by atoms with E-state index in [4.69, 9.17) is 4.74 Å². The van der Waals surface area contributed by atoms with Crippen LogP contribution in [0.2, 0.25) is 0 Å². The Balaban J connectivity index is 2.44. The first-order valence-electron chi connectivity index (χ1n) is 8.58. The highest BCUT2D eigenvalue weighted by Gasteiger charge is 2.22. The molecular weight excluding hydrogens is 366 g/mol. The summed E-state index contributed by atoms with van der Waals surface area (Å²) in [6.45, 7) is 8.62. The molecule has 1 unspecified atom stereocenters. The van der Waals surface area contributed by atoms with E-state index in [1.165, 1.54) is 0 Å². The third-order valence-electron chi connectivity index (χ3n) is 3.97. The molecular formula is C20H27NO3S2. The lowest BCUT2D eigenvalue weighted by Crippen LogP contribution is -2.17. The molecule has 2 aromatic rings. The first-order chi connectivity index (χ1) is 12.2. The van der Waals surface area contributed by atoms with Gasteiger partial charge in [-0.25, -0.2) is 8.42 Å². The summed E-state index contributed by atoms with van der Waals surface area (Å²) in [6.07, 6.45) is 0. The normalized spacial score (nSPS) is 13.0. The second-order valence-electron chi connectivity index (χ2n) is 6.59. The van der Waals surface area contributed by atoms with E-state index >= 15 is 0 Å². The van der Waals surface area contributed by atoms with Gasteiger partial charge in [-0.1, -0.05) is 49.7 Å². The first kappa shape index (κ1) is 20.8. The molecule has 0 aliphatic rings. The molecule has 0 amide bonds. The SMILES string of the molecule is COCC(SC(C)C)c1cccc(C)c1NS(=O)(=O)c1ccc(C)cc1. The highest BCUT2D eigenvalue weighted by molar-refractivity contribution is 8.00. The number of hydrogen-bond acceptors (Lipinski definition) is 4. The van der Waals surface area contributed by atoms with Gasteiger partial charge in [-0.15, -0.1) is 11.8 Å². The number of thioether (sulfide) groups is 1. The molecule has 26 heavy (non-hydrogen) atoms. The highest BCUT2D eigenvalue weighted by atomic mass is 32.2. The predicted molar refractivity (Wildman–Crippen MR) is 111 cm³/mol. The molecule has 0 heterocycles. The average Bonchev–Trinajstić information content (AvgIpc) is 2.56. The molecule has 0 aliphatic heterocycles. The Morgan fingerprint density at radius 3 is 2.31 bits per heavy atom. The van der Waals surface area contributed by atoms with Gasteiger partial charge < -0.3 is 4.74 Å². The van der Waals surface area contributed by atoms with E-state index in [-0.39, 0.29) is 10.1 Å². The van der Waals surface area contributed by atoms with Crippen molar-refractivity contribution in [3.63, 3.8) is 0 Å². The minimum absolute atomic E-state index is 0.0515. The van der Waals surface area contributed by atoms with Gasteiger partial charge in [0.2, 0.25) is 0 Å². The molecule has 2 rings (SSSR count). The number of sulfonamides is 1. The van der Waals surface area contributed by atoms with Gasteiger partial charge in [-0.3, -0.25) is 4.72 Å². The molecule has 1 N–H and O–H groups in total. The van der Waals surface area contributed by atoms with Crippen LogP contribution in [-0.2, 0) is 14.8 Å². The van der Waals surface area contributed by atoms with Crippen LogP contribution < -0.4 is 4.72 Å². The van der Waals surface area contributed by atoms with Gasteiger partial charge in [0, 0.05) is 7.11 Å². The van der Waals surface area contributed by atoms with Crippen molar-refractivity contribution in [2.75, 3.05) is 18.4 Å². The van der Waals surface area contributed by atoms with Crippen molar-refractivity contribution in [1.29, 1.82) is 0 Å². The Morgan fingerprint density at radius 2 is 1.73 bits per heavy atom. The number of benzene rings is 2. The van der Waals surface area contributed by atoms with Crippen molar-refractivity contribution in [2.24, 2.45) is 0 Å². The van der Waals surface area contributed by atoms with Gasteiger partial charge >= 0.3 is 0 Å². The number of para-hydroxylation sites is 1. The molecule has 0 bridgehead atoms. The summed E-state index contributed by atoms with van der Waals surface area (Å²) >= 11 is 1.76. The Kier molecular flexibility index (Phi) is 7.15. The first-order valence-corrected chi connectivity index (χ1v) is 11.0. The van der Waals surface area contributed by atoms with E-state index in [0.29, 0.717) is 17.5 Å². The van der Waals surface area contributed by atoms with Gasteiger partial charge in [-0.2, -0.15) is 0 Å². The molecule has 0 saturated carbocycles. The van der Waals surface area contributed by atoms with Crippen LogP contribution in [0.3, 0.4) is 0 Å². The summed E-state index contributed by atoms with van der Waals surface area (Å²) in [6, 6.07) is 12.7. The number of ether oxygens (including phenoxy) is 1. The second-order valence-corrected chi connectivity index (χ2v) is 10.1. The topological polar surface area (TPSA) is 55.4 Å². The quantitative estimate of drug-likeness (QED) is 0.691. The number of aryl methyl sites for hydroxylation is 2. The maximum atomic E-state index is 12.9. The van der Waals surface area contributed by atoms with Crippen LogP contribution in [-0.4, -0.2) is 27.4 Å². The van der Waals surface area contributed by atoms with Gasteiger partial charge in [0.25, 0.3) is 10.0 Å². The van der Waals surface area contributed by atoms with E-state index in [9.17, 15) is 8.42 Å². The summed E-state index contributed by atoms with van der Waals surface area (Å²) in [5.74, 6) is 0. The Labute approximate surface area is 161 Å². The van der Waals surface area contributed by atoms with Gasteiger partial charge in [0.05, 0.1) is 22.4 Å². The predicted octanol–water partition coefficient (Wildman–Crippen LogP) is 4.93. The number of hydrogen-bond donors (Lipinski definition) is 1. The molecule has 142 valence electrons. The van der Waals surface area contributed by atoms with Crippen molar-refractivity contribution >= 4 is 27.5 Å². The van der Waals surface area contributed by atoms with Crippen molar-refractivity contribution in [3.05, 3.63) is 59.2 Å². The van der Waals surface area contributed by atoms with E-state index in [2.05, 4.69) is 18.6 Å². The number of methoxy groups -OCH3 is 1. The Hall–Kier alpha value is -1.50. The van der Waals surface area contributed by atoms with Gasteiger partial charge in [0.1, 0.15) is 0 Å². The maximum absolute atomic E-state index is 12.9. The van der Waals surface area contributed by atoms with Gasteiger partial charge in [-0.05, 0) is 42.4 Å². The molecule has 0 spiro atoms. The lowest BCUT2D eigenvalue weighted by atomic mass is 10.1. The average molecular weight is 394 g/mol. The Morgan fingerprint density at radius 1 is 1.08 bits per heavy atom. The minimum Gasteiger partial charge on any atom is -0.383 e. The zero-order valence-corrected chi connectivity index (χ0v) is 17.6. The van der Waals surface area contributed by atoms with Crippen LogP contribution in [0.15, 0.2) is 47.4 Å². The van der Waals surface area contributed by atoms with Crippen molar-refractivity contribution < 1.29 is 13.2 Å². The van der Waals surface area contributed by atoms with Crippen molar-refractivity contribution in [1.82, 2.24) is 0 Å². The fraction of sp³-hybridized carbons (Fsp3) is 0.400. The van der Waals surface area contributed by atoms with Crippen LogP contribution in [0.5, 0.6) is 0 Å². The molecule has 0 fully saturated rings. The number of anilines is 1. The fourth-order valence-electron chi connectivity index (χ4n) is 2.69. The summed E-state index contributed by atoms with van der Waals surface area (Å²) in [5.41, 5.74) is 3.50. The third-order valence-corrected chi connectivity index (χ3v) is 6.60. The minimum atomic E-state index is -3.65. The maximum Gasteiger partial charge on any atom is 0.261 e. The summed E-state index contributed by atoms with van der Waals surface area (Å²) in [4.78, 5) is 0.261. The number of nitrogens with one attached hydrogen (secondary N) is 1. The lowest BCUT2D eigenvalue weighted by molar-refractivity contribution is 0.200. The standard InChI is InChI=1S/C20H27NO3S2/c1-14(2)25-19(13-24-5)18-8-6-7-16(4)20(18)21-26(22,23)17-11-9-15(3)10-12-17/h6-12,14,19,21H,13H2,1-5H3. The molecule has 4 nitrogen and oxygen atoms in total. The molecule has 0 aromatic heterocycles. The highest BCUT2D eigenvalue weighted by Crippen LogP contribution is 2.38. The van der Waals surface area contributed by atoms with Crippen LogP contribution in [0.25, 0.3) is 0 Å². The molecule has 0 saturated heterocycles. The van der Waals surface area contributed by atoms with E-state index in [0.717, 1.165) is 16.7 Å². The monoisotopic (exact) mass is 393 g/mol. The van der Waals surface area contributed by atoms with Crippen LogP contribution in [0.4, 0.5) is 5.69 Å². The van der Waals surface area contributed by atoms with E-state index < -0.39 is 10.0 Å². The number of rotatable bonds is 8. The molecule has 2 aromatic carbocycles. The molecule has 0 radical (unpaired) electrons. The van der Waals surface area contributed by atoms with Crippen LogP contribution in [0, 0.1) is 13.8 Å². The zero-order chi connectivity index (χ0) is 19.3. The van der Waals surface area contributed by atoms with E-state index in [1.54, 1.807) is 43.1 Å². The van der Waals surface area contributed by atoms with Crippen molar-refractivity contribution in [3.8, 4) is 0 Å². The molecule has 1 atom stereocenters. The second kappa shape index (κ2) is 8.93. The van der Waals surface area contributed by atoms with Crippen molar-refractivity contribution in [2.45, 2.75) is 43.1 Å². The summed E-state index contributed by atoms with van der Waals surface area (Å²) in [5, 5.41) is 0.452. The zero-order valence-electron chi connectivity index (χ0n) is 15.9. The van der Waals surface area contributed by atoms with Crippen LogP contribution in [0.1, 0.15) is 35.8 Å². The molecule has 6 heteroatoms. The Bertz CT molecular complexity index is 831. The smallest absolute Gasteiger partial charge is 0.261 e. The van der Waals surface area contributed by atoms with E-state index in [1.807, 2.05) is 32.0 Å². The third kappa shape index (κ3) is 5.25. The van der Waals surface area contributed by atoms with Gasteiger partial charge in [0.15, 0.2) is 0 Å². The summed E-state index contributed by atoms with van der Waals surface area (Å²) < 4.78 is 33.9. The fourth-order valence-corrected chi connectivity index (χ4v) is 5.07. The van der Waals surface area contributed by atoms with Crippen LogP contribution >= 0.6 is 11.8 Å².